The van der Waals surface area contributed by atoms with E-state index in [1.807, 2.05) is 38.1 Å². The summed E-state index contributed by atoms with van der Waals surface area (Å²) in [5.41, 5.74) is 8.29. The second-order valence-corrected chi connectivity index (χ2v) is 8.60. The number of carbonyl (C=O) groups excluding carboxylic acids is 2. The number of ether oxygens (including phenoxy) is 1. The molecular formula is C22H26N6O3S. The molecular weight excluding hydrogens is 428 g/mol. The first-order valence-corrected chi connectivity index (χ1v) is 11.4. The van der Waals surface area contributed by atoms with Gasteiger partial charge in [-0.05, 0) is 32.9 Å². The molecule has 1 aromatic carbocycles. The van der Waals surface area contributed by atoms with Crippen molar-refractivity contribution >= 4 is 51.0 Å². The van der Waals surface area contributed by atoms with Crippen LogP contribution in [0.5, 0.6) is 0 Å². The Bertz CT molecular complexity index is 1150. The number of aryl methyl sites for hydroxylation is 1. The van der Waals surface area contributed by atoms with Gasteiger partial charge in [0.15, 0.2) is 0 Å². The summed E-state index contributed by atoms with van der Waals surface area (Å²) in [6.07, 6.45) is 0. The molecule has 1 saturated heterocycles. The lowest BCUT2D eigenvalue weighted by Crippen LogP contribution is -2.55. The van der Waals surface area contributed by atoms with E-state index in [-0.39, 0.29) is 24.6 Å². The Morgan fingerprint density at radius 2 is 2.00 bits per heavy atom. The second-order valence-electron chi connectivity index (χ2n) is 7.74. The van der Waals surface area contributed by atoms with E-state index in [2.05, 4.69) is 20.2 Å². The third-order valence-electron chi connectivity index (χ3n) is 5.42. The maximum atomic E-state index is 12.8. The highest BCUT2D eigenvalue weighted by molar-refractivity contribution is 7.17. The number of benzene rings is 1. The summed E-state index contributed by atoms with van der Waals surface area (Å²) in [5, 5.41) is 5.34. The van der Waals surface area contributed by atoms with Crippen molar-refractivity contribution in [1.82, 2.24) is 14.9 Å². The number of amides is 2. The summed E-state index contributed by atoms with van der Waals surface area (Å²) in [4.78, 5) is 38.5. The van der Waals surface area contributed by atoms with Crippen LogP contribution in [0, 0.1) is 6.92 Å². The Morgan fingerprint density at radius 1 is 1.25 bits per heavy atom. The van der Waals surface area contributed by atoms with Crippen molar-refractivity contribution in [3.05, 3.63) is 40.8 Å². The normalized spacial score (nSPS) is 16.3. The highest BCUT2D eigenvalue weighted by Crippen LogP contribution is 2.34. The van der Waals surface area contributed by atoms with Gasteiger partial charge in [-0.25, -0.2) is 14.6 Å². The quantitative estimate of drug-likeness (QED) is 0.580. The maximum absolute atomic E-state index is 12.8. The molecule has 3 aromatic rings. The zero-order valence-electron chi connectivity index (χ0n) is 18.3. The van der Waals surface area contributed by atoms with Gasteiger partial charge in [0.05, 0.1) is 17.6 Å². The van der Waals surface area contributed by atoms with Crippen molar-refractivity contribution in [3.63, 3.8) is 0 Å². The van der Waals surface area contributed by atoms with Gasteiger partial charge in [0.1, 0.15) is 10.6 Å². The molecule has 2 aromatic heterocycles. The van der Waals surface area contributed by atoms with Gasteiger partial charge in [-0.15, -0.1) is 11.3 Å². The van der Waals surface area contributed by atoms with Crippen LogP contribution in [-0.4, -0.2) is 59.2 Å². The number of fused-ring (bicyclic) bond motifs is 1. The van der Waals surface area contributed by atoms with Gasteiger partial charge >= 0.3 is 12.0 Å². The summed E-state index contributed by atoms with van der Waals surface area (Å²) in [6.45, 7) is 7.65. The van der Waals surface area contributed by atoms with Crippen molar-refractivity contribution in [2.75, 3.05) is 42.2 Å². The lowest BCUT2D eigenvalue weighted by molar-refractivity contribution is 0.0529. The molecule has 1 fully saturated rings. The van der Waals surface area contributed by atoms with Crippen LogP contribution in [0.2, 0.25) is 0 Å². The first kappa shape index (κ1) is 21.8. The lowest BCUT2D eigenvalue weighted by Gasteiger charge is -2.40. The number of anilines is 3. The minimum absolute atomic E-state index is 0.0786. The Morgan fingerprint density at radius 3 is 2.69 bits per heavy atom. The van der Waals surface area contributed by atoms with Gasteiger partial charge < -0.3 is 25.6 Å². The number of nitrogens with two attached hydrogens (primary N) is 1. The van der Waals surface area contributed by atoms with Gasteiger partial charge in [-0.3, -0.25) is 0 Å². The van der Waals surface area contributed by atoms with Crippen LogP contribution in [0.15, 0.2) is 29.6 Å². The molecule has 1 atom stereocenters. The van der Waals surface area contributed by atoms with E-state index in [1.165, 1.54) is 11.3 Å². The van der Waals surface area contributed by atoms with Crippen LogP contribution in [0.3, 0.4) is 0 Å². The first-order valence-electron chi connectivity index (χ1n) is 10.5. The number of piperazine rings is 1. The summed E-state index contributed by atoms with van der Waals surface area (Å²) in [5.74, 6) is 0.344. The van der Waals surface area contributed by atoms with E-state index in [4.69, 9.17) is 10.5 Å². The molecule has 0 bridgehead atoms. The largest absolute Gasteiger partial charge is 0.462 e. The van der Waals surface area contributed by atoms with Crippen LogP contribution in [0.25, 0.3) is 10.2 Å². The van der Waals surface area contributed by atoms with Crippen LogP contribution in [0.4, 0.5) is 22.2 Å². The number of nitrogen functional groups attached to an aromatic ring is 1. The molecule has 1 unspecified atom stereocenters. The summed E-state index contributed by atoms with van der Waals surface area (Å²) in [6, 6.07) is 7.48. The van der Waals surface area contributed by atoms with Crippen LogP contribution in [0.1, 0.15) is 29.8 Å². The first-order chi connectivity index (χ1) is 15.4. The number of nitrogens with zero attached hydrogens (tertiary/aromatic N) is 4. The Balaban J connectivity index is 1.55. The molecule has 3 heterocycles. The fourth-order valence-electron chi connectivity index (χ4n) is 3.81. The number of rotatable bonds is 4. The predicted octanol–water partition coefficient (Wildman–Crippen LogP) is 3.50. The number of nitrogens with one attached hydrogen (secondary N) is 1. The van der Waals surface area contributed by atoms with Crippen LogP contribution >= 0.6 is 11.3 Å². The number of esters is 1. The minimum atomic E-state index is -0.405. The van der Waals surface area contributed by atoms with Crippen molar-refractivity contribution in [2.24, 2.45) is 0 Å². The summed E-state index contributed by atoms with van der Waals surface area (Å²) in [7, 11) is 0. The highest BCUT2D eigenvalue weighted by atomic mass is 32.1. The van der Waals surface area contributed by atoms with E-state index < -0.39 is 5.97 Å². The minimum Gasteiger partial charge on any atom is -0.462 e. The molecule has 9 nitrogen and oxygen atoms in total. The van der Waals surface area contributed by atoms with E-state index in [1.54, 1.807) is 17.2 Å². The SMILES string of the molecule is CCOC(=O)c1csc2nc(N)nc(N3CCN(C(=O)Nc4ccc(C)cc4)C(C)C3)c12. The average Bonchev–Trinajstić information content (AvgIpc) is 3.18. The van der Waals surface area contributed by atoms with Crippen LogP contribution < -0.4 is 16.0 Å². The van der Waals surface area contributed by atoms with Crippen molar-refractivity contribution < 1.29 is 14.3 Å². The molecule has 0 saturated carbocycles. The van der Waals surface area contributed by atoms with Gasteiger partial charge in [-0.1, -0.05) is 17.7 Å². The number of hydrogen-bond acceptors (Lipinski definition) is 8. The zero-order chi connectivity index (χ0) is 22.8. The summed E-state index contributed by atoms with van der Waals surface area (Å²) >= 11 is 1.34. The standard InChI is InChI=1S/C22H26N6O3S/c1-4-31-20(29)16-12-32-19-17(16)18(25-21(23)26-19)27-9-10-28(14(3)11-27)22(30)24-15-7-5-13(2)6-8-15/h5-8,12,14H,4,9-11H2,1-3H3,(H,24,30)(H2,23,25,26). The van der Waals surface area contributed by atoms with Gasteiger partial charge in [0.2, 0.25) is 5.95 Å². The third kappa shape index (κ3) is 4.31. The van der Waals surface area contributed by atoms with Gasteiger partial charge in [0, 0.05) is 36.7 Å². The van der Waals surface area contributed by atoms with E-state index in [0.29, 0.717) is 41.2 Å². The Hall–Kier alpha value is -3.40. The summed E-state index contributed by atoms with van der Waals surface area (Å²) < 4.78 is 5.20. The molecule has 1 aliphatic rings. The predicted molar refractivity (Wildman–Crippen MR) is 126 cm³/mol. The second kappa shape index (κ2) is 8.99. The average molecular weight is 455 g/mol. The number of hydrogen-bond donors (Lipinski definition) is 2. The molecule has 0 radical (unpaired) electrons. The number of urea groups is 1. The molecule has 32 heavy (non-hydrogen) atoms. The van der Waals surface area contributed by atoms with E-state index in [0.717, 1.165) is 11.3 Å². The Kier molecular flexibility index (Phi) is 6.13. The molecule has 1 aliphatic heterocycles. The molecule has 10 heteroatoms. The zero-order valence-corrected chi connectivity index (χ0v) is 19.1. The number of aromatic nitrogens is 2. The van der Waals surface area contributed by atoms with E-state index in [9.17, 15) is 9.59 Å². The van der Waals surface area contributed by atoms with Crippen LogP contribution in [-0.2, 0) is 4.74 Å². The molecule has 2 amide bonds. The van der Waals surface area contributed by atoms with Crippen molar-refractivity contribution in [1.29, 1.82) is 0 Å². The van der Waals surface area contributed by atoms with Crippen molar-refractivity contribution in [3.8, 4) is 0 Å². The third-order valence-corrected chi connectivity index (χ3v) is 6.29. The number of carbonyl (C=O) groups is 2. The highest BCUT2D eigenvalue weighted by Gasteiger charge is 2.31. The number of thiophene rings is 1. The topological polar surface area (TPSA) is 114 Å². The van der Waals surface area contributed by atoms with Crippen molar-refractivity contribution in [2.45, 2.75) is 26.8 Å². The van der Waals surface area contributed by atoms with Gasteiger partial charge in [-0.2, -0.15) is 4.98 Å². The molecule has 4 rings (SSSR count). The van der Waals surface area contributed by atoms with Gasteiger partial charge in [0.25, 0.3) is 0 Å². The van der Waals surface area contributed by atoms with E-state index >= 15 is 0 Å². The molecule has 0 aliphatic carbocycles. The maximum Gasteiger partial charge on any atom is 0.339 e. The monoisotopic (exact) mass is 454 g/mol. The molecule has 0 spiro atoms. The lowest BCUT2D eigenvalue weighted by atomic mass is 10.1. The fourth-order valence-corrected chi connectivity index (χ4v) is 4.72. The molecule has 3 N–H and O–H groups in total. The Labute approximate surface area is 190 Å². The smallest absolute Gasteiger partial charge is 0.339 e. The molecule has 168 valence electrons. The fraction of sp³-hybridized carbons (Fsp3) is 0.364.